The Hall–Kier alpha value is -1.22. The summed E-state index contributed by atoms with van der Waals surface area (Å²) < 4.78 is 12.8. The van der Waals surface area contributed by atoms with E-state index >= 15 is 0 Å². The Balaban J connectivity index is 2.02. The minimum Gasteiger partial charge on any atom is -0.316 e. The summed E-state index contributed by atoms with van der Waals surface area (Å²) in [6, 6.07) is 5.88. The zero-order valence-electron chi connectivity index (χ0n) is 7.79. The van der Waals surface area contributed by atoms with Crippen molar-refractivity contribution in [1.82, 2.24) is 5.32 Å². The average Bonchev–Trinajstić information content (AvgIpc) is 2.11. The van der Waals surface area contributed by atoms with E-state index in [9.17, 15) is 9.18 Å². The molecule has 1 aromatic rings. The predicted octanol–water partition coefficient (Wildman–Crippen LogP) is 1.62. The molecule has 3 heteroatoms. The highest BCUT2D eigenvalue weighted by atomic mass is 19.1. The van der Waals surface area contributed by atoms with Crippen molar-refractivity contribution in [3.63, 3.8) is 0 Å². The van der Waals surface area contributed by atoms with E-state index in [-0.39, 0.29) is 11.6 Å². The van der Waals surface area contributed by atoms with Crippen LogP contribution in [0.4, 0.5) is 4.39 Å². The lowest BCUT2D eigenvalue weighted by atomic mass is 9.94. The van der Waals surface area contributed by atoms with Gasteiger partial charge in [0.05, 0.1) is 0 Å². The van der Waals surface area contributed by atoms with Crippen molar-refractivity contribution >= 4 is 5.78 Å². The minimum absolute atomic E-state index is 0.0380. The number of hydrogen-bond donors (Lipinski definition) is 1. The molecule has 0 radical (unpaired) electrons. The van der Waals surface area contributed by atoms with Crippen LogP contribution in [0.25, 0.3) is 0 Å². The first-order valence-electron chi connectivity index (χ1n) is 4.75. The standard InChI is InChI=1S/C11H12FNO/c12-10-3-1-2-9(5-10)11(14)4-8-6-13-7-8/h1-3,5,8,13H,4,6-7H2. The van der Waals surface area contributed by atoms with Gasteiger partial charge >= 0.3 is 0 Å². The Kier molecular flexibility index (Phi) is 2.59. The van der Waals surface area contributed by atoms with E-state index in [1.54, 1.807) is 12.1 Å². The lowest BCUT2D eigenvalue weighted by Crippen LogP contribution is -2.42. The van der Waals surface area contributed by atoms with Gasteiger partial charge in [-0.1, -0.05) is 12.1 Å². The van der Waals surface area contributed by atoms with Gasteiger partial charge in [0, 0.05) is 12.0 Å². The second-order valence-electron chi connectivity index (χ2n) is 3.66. The van der Waals surface area contributed by atoms with Crippen molar-refractivity contribution in [3.05, 3.63) is 35.6 Å². The average molecular weight is 193 g/mol. The quantitative estimate of drug-likeness (QED) is 0.739. The molecule has 0 aromatic heterocycles. The van der Waals surface area contributed by atoms with Crippen LogP contribution in [0.5, 0.6) is 0 Å². The molecule has 74 valence electrons. The highest BCUT2D eigenvalue weighted by molar-refractivity contribution is 5.96. The second kappa shape index (κ2) is 3.88. The lowest BCUT2D eigenvalue weighted by Gasteiger charge is -2.26. The van der Waals surface area contributed by atoms with Crippen molar-refractivity contribution < 1.29 is 9.18 Å². The van der Waals surface area contributed by atoms with E-state index in [2.05, 4.69) is 5.32 Å². The molecule has 2 rings (SSSR count). The molecule has 2 nitrogen and oxygen atoms in total. The van der Waals surface area contributed by atoms with Crippen LogP contribution in [0.15, 0.2) is 24.3 Å². The van der Waals surface area contributed by atoms with Gasteiger partial charge < -0.3 is 5.32 Å². The van der Waals surface area contributed by atoms with E-state index in [1.165, 1.54) is 12.1 Å². The van der Waals surface area contributed by atoms with Gasteiger partial charge in [0.15, 0.2) is 5.78 Å². The molecule has 1 aromatic carbocycles. The molecule has 1 fully saturated rings. The summed E-state index contributed by atoms with van der Waals surface area (Å²) in [5.74, 6) is 0.129. The van der Waals surface area contributed by atoms with Gasteiger partial charge in [-0.25, -0.2) is 4.39 Å². The third-order valence-corrected chi connectivity index (χ3v) is 2.49. The van der Waals surface area contributed by atoms with Crippen LogP contribution in [-0.2, 0) is 0 Å². The van der Waals surface area contributed by atoms with Crippen molar-refractivity contribution in [2.45, 2.75) is 6.42 Å². The Morgan fingerprint density at radius 2 is 2.29 bits per heavy atom. The molecule has 0 amide bonds. The second-order valence-corrected chi connectivity index (χ2v) is 3.66. The molecule has 1 aliphatic heterocycles. The molecule has 0 aliphatic carbocycles. The van der Waals surface area contributed by atoms with Gasteiger partial charge in [0.2, 0.25) is 0 Å². The first kappa shape index (κ1) is 9.34. The van der Waals surface area contributed by atoms with Crippen molar-refractivity contribution in [2.24, 2.45) is 5.92 Å². The van der Waals surface area contributed by atoms with Crippen molar-refractivity contribution in [3.8, 4) is 0 Å². The van der Waals surface area contributed by atoms with Crippen LogP contribution in [0.3, 0.4) is 0 Å². The molecular formula is C11H12FNO. The van der Waals surface area contributed by atoms with Crippen LogP contribution in [0.2, 0.25) is 0 Å². The predicted molar refractivity (Wildman–Crippen MR) is 51.7 cm³/mol. The number of ketones is 1. The van der Waals surface area contributed by atoms with E-state index in [1.807, 2.05) is 0 Å². The maximum Gasteiger partial charge on any atom is 0.163 e. The van der Waals surface area contributed by atoms with Gasteiger partial charge in [-0.3, -0.25) is 4.79 Å². The largest absolute Gasteiger partial charge is 0.316 e. The minimum atomic E-state index is -0.345. The molecular weight excluding hydrogens is 181 g/mol. The monoisotopic (exact) mass is 193 g/mol. The topological polar surface area (TPSA) is 29.1 Å². The SMILES string of the molecule is O=C(CC1CNC1)c1cccc(F)c1. The first-order chi connectivity index (χ1) is 6.75. The zero-order valence-corrected chi connectivity index (χ0v) is 7.79. The molecule has 1 heterocycles. The maximum absolute atomic E-state index is 12.8. The van der Waals surface area contributed by atoms with Gasteiger partial charge in [-0.2, -0.15) is 0 Å². The zero-order chi connectivity index (χ0) is 9.97. The third kappa shape index (κ3) is 1.99. The number of benzene rings is 1. The summed E-state index contributed by atoms with van der Waals surface area (Å²) in [5.41, 5.74) is 0.483. The Bertz CT molecular complexity index is 347. The van der Waals surface area contributed by atoms with Gasteiger partial charge in [0.1, 0.15) is 5.82 Å². The van der Waals surface area contributed by atoms with Crippen LogP contribution in [-0.4, -0.2) is 18.9 Å². The highest BCUT2D eigenvalue weighted by Gasteiger charge is 2.20. The molecule has 0 spiro atoms. The van der Waals surface area contributed by atoms with Crippen LogP contribution < -0.4 is 5.32 Å². The summed E-state index contributed by atoms with van der Waals surface area (Å²) in [5, 5.41) is 3.10. The van der Waals surface area contributed by atoms with E-state index < -0.39 is 0 Å². The Morgan fingerprint density at radius 3 is 2.86 bits per heavy atom. The number of nitrogens with one attached hydrogen (secondary N) is 1. The molecule has 1 N–H and O–H groups in total. The summed E-state index contributed by atoms with van der Waals surface area (Å²) in [6.07, 6.45) is 0.524. The molecule has 0 saturated carbocycles. The van der Waals surface area contributed by atoms with E-state index in [4.69, 9.17) is 0 Å². The van der Waals surface area contributed by atoms with Crippen LogP contribution in [0, 0.1) is 11.7 Å². The smallest absolute Gasteiger partial charge is 0.163 e. The van der Waals surface area contributed by atoms with E-state index in [0.29, 0.717) is 17.9 Å². The highest BCUT2D eigenvalue weighted by Crippen LogP contribution is 2.14. The summed E-state index contributed by atoms with van der Waals surface area (Å²) >= 11 is 0. The number of hydrogen-bond acceptors (Lipinski definition) is 2. The summed E-state index contributed by atoms with van der Waals surface area (Å²) in [6.45, 7) is 1.81. The maximum atomic E-state index is 12.8. The van der Waals surface area contributed by atoms with Gasteiger partial charge in [0.25, 0.3) is 0 Å². The number of Topliss-reactive ketones (excluding diaryl/α,β-unsaturated/α-hetero) is 1. The molecule has 0 unspecified atom stereocenters. The normalized spacial score (nSPS) is 16.4. The lowest BCUT2D eigenvalue weighted by molar-refractivity contribution is 0.0945. The number of carbonyl (C=O) groups is 1. The van der Waals surface area contributed by atoms with Crippen molar-refractivity contribution in [2.75, 3.05) is 13.1 Å². The third-order valence-electron chi connectivity index (χ3n) is 2.49. The summed E-state index contributed by atoms with van der Waals surface area (Å²) in [7, 11) is 0. The van der Waals surface area contributed by atoms with E-state index in [0.717, 1.165) is 13.1 Å². The Morgan fingerprint density at radius 1 is 1.50 bits per heavy atom. The van der Waals surface area contributed by atoms with Crippen LogP contribution in [0.1, 0.15) is 16.8 Å². The van der Waals surface area contributed by atoms with Crippen LogP contribution >= 0.6 is 0 Å². The molecule has 0 atom stereocenters. The molecule has 1 aliphatic rings. The Labute approximate surface area is 82.1 Å². The van der Waals surface area contributed by atoms with Gasteiger partial charge in [-0.05, 0) is 31.1 Å². The fraction of sp³-hybridized carbons (Fsp3) is 0.364. The van der Waals surface area contributed by atoms with Gasteiger partial charge in [-0.15, -0.1) is 0 Å². The molecule has 1 saturated heterocycles. The molecule has 0 bridgehead atoms. The number of halogens is 1. The fourth-order valence-electron chi connectivity index (χ4n) is 1.53. The van der Waals surface area contributed by atoms with Crippen molar-refractivity contribution in [1.29, 1.82) is 0 Å². The fourth-order valence-corrected chi connectivity index (χ4v) is 1.53. The first-order valence-corrected chi connectivity index (χ1v) is 4.75. The number of carbonyl (C=O) groups excluding carboxylic acids is 1. The summed E-state index contributed by atoms with van der Waals surface area (Å²) in [4.78, 5) is 11.6. The number of rotatable bonds is 3. The molecule has 14 heavy (non-hydrogen) atoms.